The van der Waals surface area contributed by atoms with E-state index in [0.29, 0.717) is 28.6 Å². The predicted molar refractivity (Wildman–Crippen MR) is 230 cm³/mol. The molecule has 8 aromatic rings. The Morgan fingerprint density at radius 1 is 0.439 bits per heavy atom. The molecule has 1 spiro atoms. The van der Waals surface area contributed by atoms with Crippen molar-refractivity contribution >= 4 is 11.8 Å². The van der Waals surface area contributed by atoms with Crippen molar-refractivity contribution < 1.29 is 4.74 Å². The number of allylic oxidation sites excluding steroid dienone is 3. The van der Waals surface area contributed by atoms with Crippen LogP contribution in [-0.4, -0.2) is 20.2 Å². The molecule has 1 aromatic heterocycles. The van der Waals surface area contributed by atoms with E-state index < -0.39 is 5.41 Å². The lowest BCUT2D eigenvalue weighted by atomic mass is 9.65. The van der Waals surface area contributed by atoms with Gasteiger partial charge in [-0.1, -0.05) is 164 Å². The van der Waals surface area contributed by atoms with E-state index in [0.717, 1.165) is 50.4 Å². The summed E-state index contributed by atoms with van der Waals surface area (Å²) in [5.41, 5.74) is 13.1. The molecule has 3 heterocycles. The maximum absolute atomic E-state index is 6.75. The smallest absolute Gasteiger partial charge is 0.164 e. The molecule has 0 N–H and O–H groups in total. The van der Waals surface area contributed by atoms with Crippen LogP contribution >= 0.6 is 11.8 Å². The van der Waals surface area contributed by atoms with Crippen LogP contribution in [0.3, 0.4) is 0 Å². The van der Waals surface area contributed by atoms with Gasteiger partial charge in [0.25, 0.3) is 0 Å². The van der Waals surface area contributed by atoms with Crippen LogP contribution in [0.1, 0.15) is 33.7 Å². The second-order valence-corrected chi connectivity index (χ2v) is 16.2. The number of para-hydroxylation sites is 1. The van der Waals surface area contributed by atoms with Crippen molar-refractivity contribution in [1.82, 2.24) is 15.0 Å². The molecule has 0 bridgehead atoms. The van der Waals surface area contributed by atoms with E-state index in [9.17, 15) is 0 Å². The molecule has 0 fully saturated rings. The van der Waals surface area contributed by atoms with E-state index >= 15 is 0 Å². The van der Waals surface area contributed by atoms with Crippen molar-refractivity contribution in [2.24, 2.45) is 0 Å². The molecular weight excluding hydrogens is 715 g/mol. The Morgan fingerprint density at radius 2 is 1.04 bits per heavy atom. The summed E-state index contributed by atoms with van der Waals surface area (Å²) in [4.78, 5) is 16.9. The van der Waals surface area contributed by atoms with Crippen LogP contribution < -0.4 is 4.74 Å². The number of thioether (sulfide) groups is 1. The highest BCUT2D eigenvalue weighted by Gasteiger charge is 2.51. The molecule has 5 heteroatoms. The first-order valence-corrected chi connectivity index (χ1v) is 20.3. The average Bonchev–Trinajstić information content (AvgIpc) is 3.80. The van der Waals surface area contributed by atoms with E-state index in [1.165, 1.54) is 32.7 Å². The predicted octanol–water partition coefficient (Wildman–Crippen LogP) is 12.7. The molecule has 57 heavy (non-hydrogen) atoms. The van der Waals surface area contributed by atoms with Crippen LogP contribution in [0.5, 0.6) is 11.5 Å². The van der Waals surface area contributed by atoms with Crippen molar-refractivity contribution in [2.75, 3.05) is 0 Å². The van der Waals surface area contributed by atoms with Gasteiger partial charge in [0.05, 0.1) is 5.41 Å². The maximum atomic E-state index is 6.75. The molecule has 2 unspecified atom stereocenters. The minimum absolute atomic E-state index is 0.394. The topological polar surface area (TPSA) is 47.9 Å². The third-order valence-corrected chi connectivity index (χ3v) is 13.3. The number of aromatic nitrogens is 3. The van der Waals surface area contributed by atoms with Crippen molar-refractivity contribution in [3.8, 4) is 67.9 Å². The zero-order chi connectivity index (χ0) is 37.5. The first kappa shape index (κ1) is 32.4. The number of benzene rings is 7. The van der Waals surface area contributed by atoms with E-state index in [2.05, 4.69) is 170 Å². The molecule has 0 saturated heterocycles. The van der Waals surface area contributed by atoms with Crippen LogP contribution in [-0.2, 0) is 5.41 Å². The highest BCUT2D eigenvalue weighted by molar-refractivity contribution is 8.00. The van der Waals surface area contributed by atoms with Gasteiger partial charge in [-0.2, -0.15) is 0 Å². The normalized spacial score (nSPS) is 17.2. The van der Waals surface area contributed by atoms with Gasteiger partial charge in [0.1, 0.15) is 11.5 Å². The number of nitrogens with zero attached hydrogens (tertiary/aromatic N) is 3. The average molecular weight is 748 g/mol. The van der Waals surface area contributed by atoms with Gasteiger partial charge in [0.15, 0.2) is 17.5 Å². The fourth-order valence-corrected chi connectivity index (χ4v) is 10.9. The van der Waals surface area contributed by atoms with Gasteiger partial charge < -0.3 is 4.74 Å². The van der Waals surface area contributed by atoms with E-state index in [1.54, 1.807) is 0 Å². The molecule has 0 radical (unpaired) electrons. The summed E-state index contributed by atoms with van der Waals surface area (Å²) in [6.07, 6.45) is 8.93. The number of fused-ring (bicyclic) bond motifs is 12. The van der Waals surface area contributed by atoms with Crippen molar-refractivity contribution in [3.63, 3.8) is 0 Å². The number of hydrogen-bond acceptors (Lipinski definition) is 5. The van der Waals surface area contributed by atoms with Crippen LogP contribution in [0.2, 0.25) is 0 Å². The lowest BCUT2D eigenvalue weighted by Crippen LogP contribution is -2.32. The minimum Gasteiger partial charge on any atom is -0.457 e. The quantitative estimate of drug-likeness (QED) is 0.179. The minimum atomic E-state index is -0.558. The Balaban J connectivity index is 1.05. The van der Waals surface area contributed by atoms with E-state index in [-0.39, 0.29) is 0 Å². The summed E-state index contributed by atoms with van der Waals surface area (Å²) in [7, 11) is 0. The van der Waals surface area contributed by atoms with Gasteiger partial charge >= 0.3 is 0 Å². The first-order chi connectivity index (χ1) is 28.2. The van der Waals surface area contributed by atoms with Crippen molar-refractivity contribution in [1.29, 1.82) is 0 Å². The van der Waals surface area contributed by atoms with Gasteiger partial charge in [0.2, 0.25) is 0 Å². The first-order valence-electron chi connectivity index (χ1n) is 19.4. The van der Waals surface area contributed by atoms with Crippen LogP contribution in [0.4, 0.5) is 0 Å². The molecule has 2 aliphatic heterocycles. The van der Waals surface area contributed by atoms with Crippen molar-refractivity contribution in [2.45, 2.75) is 21.5 Å². The third-order valence-electron chi connectivity index (χ3n) is 12.0. The van der Waals surface area contributed by atoms with Crippen molar-refractivity contribution in [3.05, 3.63) is 216 Å². The van der Waals surface area contributed by atoms with Crippen LogP contribution in [0.15, 0.2) is 193 Å². The molecule has 0 saturated carbocycles. The van der Waals surface area contributed by atoms with Crippen LogP contribution in [0, 0.1) is 0 Å². The molecule has 0 amide bonds. The van der Waals surface area contributed by atoms with E-state index in [4.69, 9.17) is 19.7 Å². The fourth-order valence-electron chi connectivity index (χ4n) is 9.47. The third kappa shape index (κ3) is 4.85. The molecule has 12 rings (SSSR count). The molecule has 7 aromatic carbocycles. The summed E-state index contributed by atoms with van der Waals surface area (Å²) < 4.78 is 6.75. The Bertz CT molecular complexity index is 2960. The Morgan fingerprint density at radius 3 is 1.82 bits per heavy atom. The lowest BCUT2D eigenvalue weighted by molar-refractivity contribution is 0.436. The van der Waals surface area contributed by atoms with Gasteiger partial charge in [-0.15, -0.1) is 11.8 Å². The number of ether oxygens (including phenoxy) is 1. The molecule has 4 nitrogen and oxygen atoms in total. The summed E-state index contributed by atoms with van der Waals surface area (Å²) >= 11 is 1.92. The summed E-state index contributed by atoms with van der Waals surface area (Å²) in [5.74, 6) is 4.07. The lowest BCUT2D eigenvalue weighted by Gasteiger charge is -2.39. The second-order valence-electron chi connectivity index (χ2n) is 15.0. The number of rotatable bonds is 4. The summed E-state index contributed by atoms with van der Waals surface area (Å²) in [5, 5.41) is 0.418. The highest BCUT2D eigenvalue weighted by Crippen LogP contribution is 2.62. The van der Waals surface area contributed by atoms with Gasteiger partial charge in [-0.05, 0) is 63.2 Å². The van der Waals surface area contributed by atoms with Crippen LogP contribution in [0.25, 0.3) is 56.4 Å². The largest absolute Gasteiger partial charge is 0.457 e. The van der Waals surface area contributed by atoms with Gasteiger partial charge in [-0.3, -0.25) is 0 Å². The van der Waals surface area contributed by atoms with Gasteiger partial charge in [0, 0.05) is 43.9 Å². The molecule has 2 atom stereocenters. The number of hydrogen-bond donors (Lipinski definition) is 0. The van der Waals surface area contributed by atoms with Gasteiger partial charge in [-0.25, -0.2) is 15.0 Å². The second kappa shape index (κ2) is 12.6. The Hall–Kier alpha value is -6.82. The fraction of sp³-hybridized carbons (Fsp3) is 0.0577. The zero-order valence-electron chi connectivity index (χ0n) is 30.7. The molecular formula is C52H33N3OS. The SMILES string of the molecule is C1=CC2Sc3cc(-c4nc(-c5ccccc5)nc(-c5ccccc5-c5ccc6c(c5)C5(c7ccccc7O6)c6ccccc6-c6ccccc65)n4)ccc3C2C=C1. The molecule has 2 aliphatic carbocycles. The molecule has 268 valence electrons. The monoisotopic (exact) mass is 747 g/mol. The Kier molecular flexibility index (Phi) is 7.17. The highest BCUT2D eigenvalue weighted by atomic mass is 32.2. The Labute approximate surface area is 335 Å². The maximum Gasteiger partial charge on any atom is 0.164 e. The van der Waals surface area contributed by atoms with E-state index in [1.807, 2.05) is 30.0 Å². The standard InChI is InChI=1S/C52H33N3OS/c1-2-14-32(15-3-1)49-53-50(34-26-28-39-38-19-8-13-25-47(38)57-48(39)31-34)55-51(54-49)40-20-5-4-16-35(40)33-27-29-46-44(30-33)52(43-23-11-12-24-45(43)56-46)41-21-9-6-17-36(41)37-18-7-10-22-42(37)52/h1-31,38,47H. The molecule has 4 aliphatic rings. The zero-order valence-corrected chi connectivity index (χ0v) is 31.5. The summed E-state index contributed by atoms with van der Waals surface area (Å²) in [6.45, 7) is 0. The summed E-state index contributed by atoms with van der Waals surface area (Å²) in [6, 6.07) is 58.2.